The zero-order valence-electron chi connectivity index (χ0n) is 11.4. The molecule has 0 bridgehead atoms. The number of para-hydroxylation sites is 2. The molecule has 0 aliphatic carbocycles. The van der Waals surface area contributed by atoms with E-state index < -0.39 is 22.7 Å². The van der Waals surface area contributed by atoms with E-state index in [0.717, 1.165) is 4.31 Å². The Morgan fingerprint density at radius 2 is 2.00 bits per heavy atom. The Morgan fingerprint density at radius 3 is 2.50 bits per heavy atom. The minimum Gasteiger partial charge on any atom is -0.480 e. The van der Waals surface area contributed by atoms with Crippen LogP contribution < -0.4 is 14.8 Å². The van der Waals surface area contributed by atoms with Gasteiger partial charge in [-0.15, -0.1) is 0 Å². The van der Waals surface area contributed by atoms with Gasteiger partial charge in [0.25, 0.3) is 0 Å². The molecule has 8 heteroatoms. The lowest BCUT2D eigenvalue weighted by Gasteiger charge is -2.24. The SMILES string of the molecule is CC(C)CNS(=O)(=O)N(CC(=O)O)c1ccccc1N. The maximum Gasteiger partial charge on any atom is 0.324 e. The second kappa shape index (κ2) is 6.58. The van der Waals surface area contributed by atoms with E-state index in [0.29, 0.717) is 0 Å². The molecular weight excluding hydrogens is 282 g/mol. The summed E-state index contributed by atoms with van der Waals surface area (Å²) < 4.78 is 27.6. The maximum atomic E-state index is 12.2. The molecule has 0 saturated carbocycles. The van der Waals surface area contributed by atoms with Crippen LogP contribution >= 0.6 is 0 Å². The van der Waals surface area contributed by atoms with Gasteiger partial charge in [0, 0.05) is 6.54 Å². The van der Waals surface area contributed by atoms with Crippen molar-refractivity contribution in [2.45, 2.75) is 13.8 Å². The molecule has 0 aliphatic rings. The third-order valence-electron chi connectivity index (χ3n) is 2.45. The lowest BCUT2D eigenvalue weighted by atomic mass is 10.2. The molecule has 0 aliphatic heterocycles. The van der Waals surface area contributed by atoms with Crippen LogP contribution in [0.15, 0.2) is 24.3 Å². The highest BCUT2D eigenvalue weighted by atomic mass is 32.2. The van der Waals surface area contributed by atoms with Crippen molar-refractivity contribution in [1.82, 2.24) is 4.72 Å². The number of nitrogen functional groups attached to an aromatic ring is 1. The second-order valence-electron chi connectivity index (χ2n) is 4.71. The molecule has 4 N–H and O–H groups in total. The zero-order chi connectivity index (χ0) is 15.3. The number of nitrogens with two attached hydrogens (primary N) is 1. The molecule has 0 aromatic heterocycles. The van der Waals surface area contributed by atoms with Crippen LogP contribution in [0.3, 0.4) is 0 Å². The van der Waals surface area contributed by atoms with Crippen molar-refractivity contribution in [3.8, 4) is 0 Å². The fourth-order valence-corrected chi connectivity index (χ4v) is 2.89. The van der Waals surface area contributed by atoms with Crippen LogP contribution in [-0.4, -0.2) is 32.6 Å². The molecule has 0 spiro atoms. The van der Waals surface area contributed by atoms with Gasteiger partial charge in [0.2, 0.25) is 0 Å². The molecule has 0 heterocycles. The van der Waals surface area contributed by atoms with Gasteiger partial charge in [0.15, 0.2) is 0 Å². The van der Waals surface area contributed by atoms with Crippen LogP contribution in [0.5, 0.6) is 0 Å². The van der Waals surface area contributed by atoms with Crippen molar-refractivity contribution in [2.75, 3.05) is 23.1 Å². The average Bonchev–Trinajstić information content (AvgIpc) is 2.34. The number of carboxylic acids is 1. The molecule has 1 aromatic carbocycles. The number of carbonyl (C=O) groups is 1. The van der Waals surface area contributed by atoms with E-state index in [9.17, 15) is 13.2 Å². The van der Waals surface area contributed by atoms with Crippen LogP contribution in [0.25, 0.3) is 0 Å². The highest BCUT2D eigenvalue weighted by molar-refractivity contribution is 7.90. The molecule has 1 rings (SSSR count). The lowest BCUT2D eigenvalue weighted by molar-refractivity contribution is -0.135. The fourth-order valence-electron chi connectivity index (χ4n) is 1.49. The van der Waals surface area contributed by atoms with E-state index in [1.165, 1.54) is 12.1 Å². The summed E-state index contributed by atoms with van der Waals surface area (Å²) in [6.45, 7) is 3.22. The number of nitrogens with zero attached hydrogens (tertiary/aromatic N) is 1. The predicted octanol–water partition coefficient (Wildman–Crippen LogP) is 0.650. The van der Waals surface area contributed by atoms with Crippen molar-refractivity contribution < 1.29 is 18.3 Å². The first-order valence-corrected chi connectivity index (χ1v) is 7.51. The molecule has 20 heavy (non-hydrogen) atoms. The first-order chi connectivity index (χ1) is 9.24. The monoisotopic (exact) mass is 301 g/mol. The molecule has 7 nitrogen and oxygen atoms in total. The normalized spacial score (nSPS) is 11.6. The standard InChI is InChI=1S/C12H19N3O4S/c1-9(2)7-14-20(18,19)15(8-12(16)17)11-6-4-3-5-10(11)13/h3-6,9,14H,7-8,13H2,1-2H3,(H,16,17). The maximum absolute atomic E-state index is 12.2. The summed E-state index contributed by atoms with van der Waals surface area (Å²) in [5.41, 5.74) is 6.07. The average molecular weight is 301 g/mol. The Bertz CT molecular complexity index is 572. The quantitative estimate of drug-likeness (QED) is 0.640. The number of rotatable bonds is 7. The highest BCUT2D eigenvalue weighted by Crippen LogP contribution is 2.24. The van der Waals surface area contributed by atoms with E-state index in [4.69, 9.17) is 10.8 Å². The van der Waals surface area contributed by atoms with Gasteiger partial charge in [0.05, 0.1) is 11.4 Å². The molecule has 1 aromatic rings. The Hall–Kier alpha value is -1.80. The van der Waals surface area contributed by atoms with Crippen molar-refractivity contribution in [3.05, 3.63) is 24.3 Å². The van der Waals surface area contributed by atoms with Crippen molar-refractivity contribution >= 4 is 27.6 Å². The van der Waals surface area contributed by atoms with E-state index in [2.05, 4.69) is 4.72 Å². The van der Waals surface area contributed by atoms with Crippen LogP contribution in [0.4, 0.5) is 11.4 Å². The lowest BCUT2D eigenvalue weighted by Crippen LogP contribution is -2.45. The smallest absolute Gasteiger partial charge is 0.324 e. The van der Waals surface area contributed by atoms with Gasteiger partial charge >= 0.3 is 16.2 Å². The van der Waals surface area contributed by atoms with E-state index >= 15 is 0 Å². The number of aliphatic carboxylic acids is 1. The topological polar surface area (TPSA) is 113 Å². The van der Waals surface area contributed by atoms with Gasteiger partial charge in [-0.25, -0.2) is 4.31 Å². The van der Waals surface area contributed by atoms with Gasteiger partial charge in [-0.05, 0) is 18.1 Å². The Labute approximate surface area is 118 Å². The summed E-state index contributed by atoms with van der Waals surface area (Å²) in [7, 11) is -3.97. The third-order valence-corrected chi connectivity index (χ3v) is 3.89. The Morgan fingerprint density at radius 1 is 1.40 bits per heavy atom. The summed E-state index contributed by atoms with van der Waals surface area (Å²) in [4.78, 5) is 10.9. The largest absolute Gasteiger partial charge is 0.480 e. The number of benzene rings is 1. The van der Waals surface area contributed by atoms with E-state index in [1.807, 2.05) is 13.8 Å². The number of anilines is 2. The number of hydrogen-bond acceptors (Lipinski definition) is 4. The Kier molecular flexibility index (Phi) is 5.34. The minimum atomic E-state index is -3.97. The first kappa shape index (κ1) is 16.3. The second-order valence-corrected chi connectivity index (χ2v) is 6.39. The minimum absolute atomic E-state index is 0.101. The predicted molar refractivity (Wildman–Crippen MR) is 77.6 cm³/mol. The molecular formula is C12H19N3O4S. The number of carboxylic acid groups (broad SMARTS) is 1. The molecule has 112 valence electrons. The van der Waals surface area contributed by atoms with Gasteiger partial charge in [-0.1, -0.05) is 26.0 Å². The molecule has 0 fully saturated rings. The van der Waals surface area contributed by atoms with E-state index in [1.54, 1.807) is 12.1 Å². The van der Waals surface area contributed by atoms with Crippen molar-refractivity contribution in [3.63, 3.8) is 0 Å². The summed E-state index contributed by atoms with van der Waals surface area (Å²) in [6, 6.07) is 6.22. The first-order valence-electron chi connectivity index (χ1n) is 6.07. The molecule has 0 radical (unpaired) electrons. The van der Waals surface area contributed by atoms with Crippen molar-refractivity contribution in [2.24, 2.45) is 5.92 Å². The van der Waals surface area contributed by atoms with Gasteiger partial charge < -0.3 is 10.8 Å². The Balaban J connectivity index is 3.13. The molecule has 0 amide bonds. The molecule has 0 saturated heterocycles. The van der Waals surface area contributed by atoms with Crippen LogP contribution in [-0.2, 0) is 15.0 Å². The number of hydrogen-bond donors (Lipinski definition) is 3. The van der Waals surface area contributed by atoms with Gasteiger partial charge in [-0.3, -0.25) is 4.79 Å². The summed E-state index contributed by atoms with van der Waals surface area (Å²) in [6.07, 6.45) is 0. The molecule has 0 atom stereocenters. The van der Waals surface area contributed by atoms with Gasteiger partial charge in [0.1, 0.15) is 6.54 Å². The van der Waals surface area contributed by atoms with Crippen LogP contribution in [0.2, 0.25) is 0 Å². The molecule has 0 unspecified atom stereocenters. The third kappa shape index (κ3) is 4.39. The van der Waals surface area contributed by atoms with E-state index in [-0.39, 0.29) is 23.8 Å². The summed E-state index contributed by atoms with van der Waals surface area (Å²) in [5, 5.41) is 8.90. The summed E-state index contributed by atoms with van der Waals surface area (Å²) >= 11 is 0. The van der Waals surface area contributed by atoms with Crippen LogP contribution in [0.1, 0.15) is 13.8 Å². The van der Waals surface area contributed by atoms with Crippen molar-refractivity contribution in [1.29, 1.82) is 0 Å². The zero-order valence-corrected chi connectivity index (χ0v) is 12.2. The van der Waals surface area contributed by atoms with Gasteiger partial charge in [-0.2, -0.15) is 13.1 Å². The number of nitrogens with one attached hydrogen (secondary N) is 1. The highest BCUT2D eigenvalue weighted by Gasteiger charge is 2.26. The fraction of sp³-hybridized carbons (Fsp3) is 0.417. The summed E-state index contributed by atoms with van der Waals surface area (Å²) in [5.74, 6) is -1.16. The van der Waals surface area contributed by atoms with Crippen LogP contribution in [0, 0.1) is 5.92 Å².